The average molecular weight is 164 g/mol. The van der Waals surface area contributed by atoms with Crippen LogP contribution in [-0.2, 0) is 0 Å². The summed E-state index contributed by atoms with van der Waals surface area (Å²) >= 11 is 0. The van der Waals surface area contributed by atoms with Gasteiger partial charge in [0, 0.05) is 17.5 Å². The van der Waals surface area contributed by atoms with E-state index in [4.69, 9.17) is 0 Å². The van der Waals surface area contributed by atoms with Gasteiger partial charge in [0.05, 0.1) is 5.39 Å². The Morgan fingerprint density at radius 1 is 1.42 bits per heavy atom. The molecule has 0 aliphatic rings. The Hall–Kier alpha value is -1.38. The van der Waals surface area contributed by atoms with Crippen molar-refractivity contribution >= 4 is 11.0 Å². The van der Waals surface area contributed by atoms with Crippen LogP contribution >= 0.6 is 0 Å². The van der Waals surface area contributed by atoms with Crippen LogP contribution < -0.4 is 0 Å². The molecule has 0 aromatic carbocycles. The number of aryl methyl sites for hydroxylation is 2. The Morgan fingerprint density at radius 2 is 2.17 bits per heavy atom. The monoisotopic (exact) mass is 164 g/mol. The number of hydrogen-bond acceptors (Lipinski definition) is 1. The molecular weight excluding hydrogens is 155 g/mol. The lowest BCUT2D eigenvalue weighted by atomic mass is 10.2. The van der Waals surface area contributed by atoms with E-state index < -0.39 is 0 Å². The maximum atomic E-state index is 13.4. The second kappa shape index (κ2) is 2.30. The van der Waals surface area contributed by atoms with Crippen molar-refractivity contribution in [2.75, 3.05) is 0 Å². The summed E-state index contributed by atoms with van der Waals surface area (Å²) in [5.74, 6) is -0.177. The minimum Gasteiger partial charge on any atom is -0.343 e. The third kappa shape index (κ3) is 0.897. The van der Waals surface area contributed by atoms with Gasteiger partial charge in [0.1, 0.15) is 11.5 Å². The summed E-state index contributed by atoms with van der Waals surface area (Å²) in [5, 5.41) is 0.576. The minimum absolute atomic E-state index is 0.177. The fraction of sp³-hybridized carbons (Fsp3) is 0.222. The first-order valence-corrected chi connectivity index (χ1v) is 3.79. The van der Waals surface area contributed by atoms with Crippen LogP contribution in [0.15, 0.2) is 12.3 Å². The number of halogens is 1. The number of aromatic nitrogens is 2. The van der Waals surface area contributed by atoms with E-state index in [1.54, 1.807) is 13.0 Å². The number of nitrogens with zero attached hydrogens (tertiary/aromatic N) is 1. The molecule has 0 saturated carbocycles. The normalized spacial score (nSPS) is 10.9. The van der Waals surface area contributed by atoms with Gasteiger partial charge in [-0.05, 0) is 19.9 Å². The molecule has 12 heavy (non-hydrogen) atoms. The van der Waals surface area contributed by atoms with Crippen molar-refractivity contribution in [2.24, 2.45) is 0 Å². The Labute approximate surface area is 69.4 Å². The van der Waals surface area contributed by atoms with Gasteiger partial charge < -0.3 is 4.98 Å². The Morgan fingerprint density at radius 3 is 2.92 bits per heavy atom. The number of rotatable bonds is 0. The van der Waals surface area contributed by atoms with E-state index in [2.05, 4.69) is 9.97 Å². The first kappa shape index (κ1) is 7.28. The largest absolute Gasteiger partial charge is 0.343 e. The highest BCUT2D eigenvalue weighted by Gasteiger charge is 2.06. The molecule has 2 heterocycles. The molecule has 0 aliphatic heterocycles. The van der Waals surface area contributed by atoms with E-state index in [0.29, 0.717) is 16.6 Å². The lowest BCUT2D eigenvalue weighted by molar-refractivity contribution is 0.629. The highest BCUT2D eigenvalue weighted by Crippen LogP contribution is 2.18. The zero-order chi connectivity index (χ0) is 8.72. The van der Waals surface area contributed by atoms with Gasteiger partial charge in [-0.2, -0.15) is 0 Å². The van der Waals surface area contributed by atoms with Crippen LogP contribution in [0.2, 0.25) is 0 Å². The maximum absolute atomic E-state index is 13.4. The van der Waals surface area contributed by atoms with E-state index in [1.807, 2.05) is 6.92 Å². The van der Waals surface area contributed by atoms with E-state index in [9.17, 15) is 4.39 Å². The van der Waals surface area contributed by atoms with Crippen molar-refractivity contribution in [1.29, 1.82) is 0 Å². The molecule has 2 nitrogen and oxygen atoms in total. The molecular formula is C9H9FN2. The summed E-state index contributed by atoms with van der Waals surface area (Å²) < 4.78 is 13.4. The molecule has 2 aromatic heterocycles. The average Bonchev–Trinajstić information content (AvgIpc) is 2.39. The fourth-order valence-electron chi connectivity index (χ4n) is 1.27. The van der Waals surface area contributed by atoms with E-state index in [1.165, 1.54) is 6.20 Å². The third-order valence-electron chi connectivity index (χ3n) is 1.90. The van der Waals surface area contributed by atoms with Crippen molar-refractivity contribution < 1.29 is 4.39 Å². The molecule has 0 bridgehead atoms. The number of nitrogens with one attached hydrogen (secondary N) is 1. The highest BCUT2D eigenvalue weighted by molar-refractivity contribution is 5.77. The number of pyridine rings is 1. The number of aromatic amines is 1. The second-order valence-electron chi connectivity index (χ2n) is 2.97. The number of fused-ring (bicyclic) bond motifs is 1. The van der Waals surface area contributed by atoms with Crippen molar-refractivity contribution in [3.63, 3.8) is 0 Å². The fourth-order valence-corrected chi connectivity index (χ4v) is 1.27. The van der Waals surface area contributed by atoms with Crippen LogP contribution in [0.5, 0.6) is 0 Å². The lowest BCUT2D eigenvalue weighted by Gasteiger charge is -1.94. The van der Waals surface area contributed by atoms with Crippen LogP contribution in [0.4, 0.5) is 4.39 Å². The topological polar surface area (TPSA) is 28.7 Å². The SMILES string of the molecule is Cc1cc2c(F)c(C)cnc2[nH]1. The zero-order valence-electron chi connectivity index (χ0n) is 6.98. The zero-order valence-corrected chi connectivity index (χ0v) is 6.98. The summed E-state index contributed by atoms with van der Waals surface area (Å²) in [6.45, 7) is 3.60. The van der Waals surface area contributed by atoms with Gasteiger partial charge in [-0.3, -0.25) is 0 Å². The van der Waals surface area contributed by atoms with Crippen molar-refractivity contribution in [3.8, 4) is 0 Å². The molecule has 62 valence electrons. The number of H-pyrrole nitrogens is 1. The van der Waals surface area contributed by atoms with Gasteiger partial charge in [0.25, 0.3) is 0 Å². The summed E-state index contributed by atoms with van der Waals surface area (Å²) in [5.41, 5.74) is 2.14. The van der Waals surface area contributed by atoms with E-state index in [0.717, 1.165) is 5.69 Å². The van der Waals surface area contributed by atoms with Crippen LogP contribution in [0, 0.1) is 19.7 Å². The smallest absolute Gasteiger partial charge is 0.140 e. The quantitative estimate of drug-likeness (QED) is 0.636. The first-order chi connectivity index (χ1) is 5.68. The third-order valence-corrected chi connectivity index (χ3v) is 1.90. The molecule has 0 atom stereocenters. The summed E-state index contributed by atoms with van der Waals surface area (Å²) in [4.78, 5) is 7.04. The molecule has 0 aliphatic carbocycles. The lowest BCUT2D eigenvalue weighted by Crippen LogP contribution is -1.85. The minimum atomic E-state index is -0.177. The molecule has 3 heteroatoms. The Kier molecular flexibility index (Phi) is 1.40. The van der Waals surface area contributed by atoms with Crippen molar-refractivity contribution in [2.45, 2.75) is 13.8 Å². The summed E-state index contributed by atoms with van der Waals surface area (Å²) in [6.07, 6.45) is 1.54. The molecule has 2 aromatic rings. The van der Waals surface area contributed by atoms with Gasteiger partial charge in [-0.15, -0.1) is 0 Å². The van der Waals surface area contributed by atoms with E-state index in [-0.39, 0.29) is 5.82 Å². The predicted molar refractivity (Wildman–Crippen MR) is 45.5 cm³/mol. The number of hydrogen-bond donors (Lipinski definition) is 1. The molecule has 0 amide bonds. The van der Waals surface area contributed by atoms with Gasteiger partial charge >= 0.3 is 0 Å². The van der Waals surface area contributed by atoms with Gasteiger partial charge in [-0.1, -0.05) is 0 Å². The molecule has 0 radical (unpaired) electrons. The molecule has 2 rings (SSSR count). The first-order valence-electron chi connectivity index (χ1n) is 3.79. The highest BCUT2D eigenvalue weighted by atomic mass is 19.1. The van der Waals surface area contributed by atoms with Gasteiger partial charge in [0.15, 0.2) is 0 Å². The molecule has 0 fully saturated rings. The Bertz CT molecular complexity index is 431. The molecule has 0 unspecified atom stereocenters. The van der Waals surface area contributed by atoms with Crippen LogP contribution in [0.1, 0.15) is 11.3 Å². The molecule has 1 N–H and O–H groups in total. The standard InChI is InChI=1S/C9H9FN2/c1-5-4-11-9-7(8(5)10)3-6(2)12-9/h3-4H,1-2H3,(H,11,12). The maximum Gasteiger partial charge on any atom is 0.140 e. The van der Waals surface area contributed by atoms with Crippen molar-refractivity contribution in [1.82, 2.24) is 9.97 Å². The van der Waals surface area contributed by atoms with Crippen LogP contribution in [0.25, 0.3) is 11.0 Å². The molecule has 0 saturated heterocycles. The van der Waals surface area contributed by atoms with E-state index >= 15 is 0 Å². The van der Waals surface area contributed by atoms with Crippen LogP contribution in [-0.4, -0.2) is 9.97 Å². The van der Waals surface area contributed by atoms with Gasteiger partial charge in [-0.25, -0.2) is 9.37 Å². The second-order valence-corrected chi connectivity index (χ2v) is 2.97. The summed E-state index contributed by atoms with van der Waals surface area (Å²) in [7, 11) is 0. The molecule has 0 spiro atoms. The van der Waals surface area contributed by atoms with Gasteiger partial charge in [0.2, 0.25) is 0 Å². The van der Waals surface area contributed by atoms with Crippen molar-refractivity contribution in [3.05, 3.63) is 29.3 Å². The Balaban J connectivity index is 2.89. The predicted octanol–water partition coefficient (Wildman–Crippen LogP) is 2.32. The van der Waals surface area contributed by atoms with Crippen LogP contribution in [0.3, 0.4) is 0 Å². The summed E-state index contributed by atoms with van der Waals surface area (Å²) in [6, 6.07) is 1.77.